The van der Waals surface area contributed by atoms with Gasteiger partial charge in [-0.05, 0) is 42.0 Å². The second-order valence-electron chi connectivity index (χ2n) is 7.33. The van der Waals surface area contributed by atoms with E-state index in [0.29, 0.717) is 22.3 Å². The maximum Gasteiger partial charge on any atom is 0.164 e. The topological polar surface area (TPSA) is 57.2 Å². The number of carboxylic acids is 1. The quantitative estimate of drug-likeness (QED) is 0.568. The van der Waals surface area contributed by atoms with Crippen LogP contribution in [0.2, 0.25) is 5.02 Å². The van der Waals surface area contributed by atoms with Crippen LogP contribution in [0.4, 0.5) is 0 Å². The van der Waals surface area contributed by atoms with Crippen molar-refractivity contribution in [1.82, 2.24) is 0 Å². The average Bonchev–Trinajstić information content (AvgIpc) is 2.72. The lowest BCUT2D eigenvalue weighted by Crippen LogP contribution is -2.35. The first-order chi connectivity index (χ1) is 13.5. The Morgan fingerprint density at radius 1 is 1.00 bits per heavy atom. The fraction of sp³-hybridized carbons (Fsp3) is 0.391. The van der Waals surface area contributed by atoms with Crippen LogP contribution < -0.4 is 5.11 Å². The van der Waals surface area contributed by atoms with Crippen molar-refractivity contribution in [2.24, 2.45) is 0 Å². The number of halogens is 1. The van der Waals surface area contributed by atoms with Gasteiger partial charge >= 0.3 is 0 Å². The number of Topliss-reactive ketones (excluding diaryl/α,β-unsaturated/α-hetero) is 1. The van der Waals surface area contributed by atoms with E-state index in [0.717, 1.165) is 5.56 Å². The molecule has 1 fully saturated rings. The zero-order chi connectivity index (χ0) is 19.9. The Labute approximate surface area is 175 Å². The Hall–Kier alpha value is -1.78. The van der Waals surface area contributed by atoms with Gasteiger partial charge in [0.2, 0.25) is 0 Å². The Kier molecular flexibility index (Phi) is 7.57. The molecule has 1 atom stereocenters. The van der Waals surface area contributed by atoms with E-state index in [2.05, 4.69) is 0 Å². The molecule has 28 heavy (non-hydrogen) atoms. The summed E-state index contributed by atoms with van der Waals surface area (Å²) in [5, 5.41) is 11.3. The van der Waals surface area contributed by atoms with Crippen LogP contribution in [-0.2, 0) is 10.5 Å². The van der Waals surface area contributed by atoms with E-state index in [1.54, 1.807) is 12.1 Å². The fourth-order valence-electron chi connectivity index (χ4n) is 3.65. The molecule has 1 saturated carbocycles. The van der Waals surface area contributed by atoms with Crippen LogP contribution in [0.3, 0.4) is 0 Å². The van der Waals surface area contributed by atoms with Crippen LogP contribution in [0, 0.1) is 0 Å². The molecule has 0 bridgehead atoms. The third-order valence-corrected chi connectivity index (χ3v) is 6.82. The summed E-state index contributed by atoms with van der Waals surface area (Å²) in [6, 6.07) is 15.0. The summed E-state index contributed by atoms with van der Waals surface area (Å²) >= 11 is 7.08. The summed E-state index contributed by atoms with van der Waals surface area (Å²) in [4.78, 5) is 24.1. The van der Waals surface area contributed by atoms with E-state index in [1.807, 2.05) is 36.4 Å². The van der Waals surface area contributed by atoms with E-state index < -0.39 is 11.2 Å². The van der Waals surface area contributed by atoms with Crippen LogP contribution in [0.25, 0.3) is 0 Å². The zero-order valence-corrected chi connectivity index (χ0v) is 17.3. The number of carboxylic acid groups (broad SMARTS) is 1. The Balaban J connectivity index is 1.58. The number of carbonyl (C=O) groups is 2. The van der Waals surface area contributed by atoms with Crippen molar-refractivity contribution in [3.05, 3.63) is 70.2 Å². The molecule has 0 spiro atoms. The third kappa shape index (κ3) is 5.86. The summed E-state index contributed by atoms with van der Waals surface area (Å²) in [6.07, 6.45) is 6.20. The number of rotatable bonds is 8. The second kappa shape index (κ2) is 10.1. The molecule has 1 aliphatic rings. The van der Waals surface area contributed by atoms with Crippen LogP contribution >= 0.6 is 23.4 Å². The van der Waals surface area contributed by atoms with E-state index in [1.165, 1.54) is 49.4 Å². The van der Waals surface area contributed by atoms with E-state index in [-0.39, 0.29) is 12.2 Å². The summed E-state index contributed by atoms with van der Waals surface area (Å²) < 4.78 is 0. The summed E-state index contributed by atoms with van der Waals surface area (Å²) in [5.74, 6) is -0.285. The molecule has 0 saturated heterocycles. The molecule has 2 aromatic carbocycles. The number of hydrogen-bond donors (Lipinski definition) is 0. The maximum atomic E-state index is 12.6. The molecule has 1 aliphatic carbocycles. The first-order valence-corrected chi connectivity index (χ1v) is 11.2. The molecule has 0 aliphatic heterocycles. The van der Waals surface area contributed by atoms with Gasteiger partial charge in [0.25, 0.3) is 0 Å². The molecule has 0 radical (unpaired) electrons. The lowest BCUT2D eigenvalue weighted by molar-refractivity contribution is -0.304. The molecule has 0 N–H and O–H groups in total. The molecule has 3 rings (SSSR count). The number of benzene rings is 2. The predicted octanol–water partition coefficient (Wildman–Crippen LogP) is 5.01. The van der Waals surface area contributed by atoms with Crippen LogP contribution in [0.1, 0.15) is 65.9 Å². The first kappa shape index (κ1) is 20.9. The molecule has 148 valence electrons. The van der Waals surface area contributed by atoms with Gasteiger partial charge in [-0.3, -0.25) is 4.79 Å². The molecule has 0 unspecified atom stereocenters. The van der Waals surface area contributed by atoms with Crippen molar-refractivity contribution in [3.63, 3.8) is 0 Å². The smallest absolute Gasteiger partial charge is 0.164 e. The van der Waals surface area contributed by atoms with Gasteiger partial charge in [0.05, 0.1) is 11.2 Å². The SMILES string of the molecule is O=C(C[C@@H](SCc1ccc(Cl)cc1)C(=O)[O-])c1ccc(C2CCCCC2)cc1. The van der Waals surface area contributed by atoms with Crippen LogP contribution in [0.15, 0.2) is 48.5 Å². The number of hydrogen-bond acceptors (Lipinski definition) is 4. The van der Waals surface area contributed by atoms with Crippen molar-refractivity contribution in [2.75, 3.05) is 0 Å². The molecular formula is C23H24ClO3S-. The Morgan fingerprint density at radius 3 is 2.25 bits per heavy atom. The average molecular weight is 416 g/mol. The molecule has 3 nitrogen and oxygen atoms in total. The molecule has 0 aromatic heterocycles. The summed E-state index contributed by atoms with van der Waals surface area (Å²) in [7, 11) is 0. The first-order valence-electron chi connectivity index (χ1n) is 9.73. The van der Waals surface area contributed by atoms with Crippen molar-refractivity contribution in [1.29, 1.82) is 0 Å². The summed E-state index contributed by atoms with van der Waals surface area (Å²) in [5.41, 5.74) is 2.81. The summed E-state index contributed by atoms with van der Waals surface area (Å²) in [6.45, 7) is 0. The highest BCUT2D eigenvalue weighted by Gasteiger charge is 2.19. The number of carbonyl (C=O) groups excluding carboxylic acids is 2. The lowest BCUT2D eigenvalue weighted by atomic mass is 9.84. The standard InChI is InChI=1S/C23H25ClO3S/c24-20-12-6-16(7-13-20)15-28-22(23(26)27)14-21(25)19-10-8-18(9-11-19)17-4-2-1-3-5-17/h6-13,17,22H,1-5,14-15H2,(H,26,27)/p-1/t22-/m1/s1. The number of ketones is 1. The van der Waals surface area contributed by atoms with Gasteiger partial charge in [0.15, 0.2) is 5.78 Å². The third-order valence-electron chi connectivity index (χ3n) is 5.31. The van der Waals surface area contributed by atoms with Crippen molar-refractivity contribution >= 4 is 35.1 Å². The van der Waals surface area contributed by atoms with Crippen molar-refractivity contribution in [3.8, 4) is 0 Å². The largest absolute Gasteiger partial charge is 0.549 e. The highest BCUT2D eigenvalue weighted by Crippen LogP contribution is 2.32. The van der Waals surface area contributed by atoms with E-state index in [9.17, 15) is 14.7 Å². The van der Waals surface area contributed by atoms with Crippen molar-refractivity contribution in [2.45, 2.75) is 55.4 Å². The minimum atomic E-state index is -1.20. The van der Waals surface area contributed by atoms with Gasteiger partial charge in [0, 0.05) is 22.8 Å². The molecule has 0 amide bonds. The van der Waals surface area contributed by atoms with Gasteiger partial charge in [0.1, 0.15) is 0 Å². The molecule has 5 heteroatoms. The predicted molar refractivity (Wildman–Crippen MR) is 113 cm³/mol. The number of aliphatic carboxylic acids is 1. The van der Waals surface area contributed by atoms with Crippen molar-refractivity contribution < 1.29 is 14.7 Å². The molecule has 0 heterocycles. The normalized spacial score (nSPS) is 15.9. The van der Waals surface area contributed by atoms with Gasteiger partial charge in [-0.25, -0.2) is 0 Å². The van der Waals surface area contributed by atoms with Gasteiger partial charge < -0.3 is 9.90 Å². The molecular weight excluding hydrogens is 392 g/mol. The van der Waals surface area contributed by atoms with E-state index in [4.69, 9.17) is 11.6 Å². The lowest BCUT2D eigenvalue weighted by Gasteiger charge is -2.22. The minimum Gasteiger partial charge on any atom is -0.549 e. The molecule has 2 aromatic rings. The second-order valence-corrected chi connectivity index (χ2v) is 8.96. The van der Waals surface area contributed by atoms with Crippen LogP contribution in [0.5, 0.6) is 0 Å². The fourth-order valence-corrected chi connectivity index (χ4v) is 4.77. The van der Waals surface area contributed by atoms with Gasteiger partial charge in [-0.2, -0.15) is 0 Å². The number of thioether (sulfide) groups is 1. The van der Waals surface area contributed by atoms with Gasteiger partial charge in [-0.15, -0.1) is 11.8 Å². The van der Waals surface area contributed by atoms with Gasteiger partial charge in [-0.1, -0.05) is 67.3 Å². The Bertz CT molecular complexity index is 796. The maximum absolute atomic E-state index is 12.6. The highest BCUT2D eigenvalue weighted by atomic mass is 35.5. The van der Waals surface area contributed by atoms with E-state index >= 15 is 0 Å². The zero-order valence-electron chi connectivity index (χ0n) is 15.7. The highest BCUT2D eigenvalue weighted by molar-refractivity contribution is 7.99. The van der Waals surface area contributed by atoms with Crippen LogP contribution in [-0.4, -0.2) is 17.0 Å². The Morgan fingerprint density at radius 2 is 1.64 bits per heavy atom. The monoisotopic (exact) mass is 415 g/mol. The minimum absolute atomic E-state index is 0.0661.